The van der Waals surface area contributed by atoms with E-state index in [1.807, 2.05) is 68.5 Å². The molecule has 258 valence electrons. The number of nitrogens with zero attached hydrogens (tertiary/aromatic N) is 1. The molecule has 0 saturated heterocycles. The molecule has 2 aliphatic rings. The molecule has 2 aliphatic carbocycles. The van der Waals surface area contributed by atoms with Crippen LogP contribution in [0.3, 0.4) is 0 Å². The summed E-state index contributed by atoms with van der Waals surface area (Å²) in [5.41, 5.74) is 7.84. The minimum Gasteiger partial charge on any atom is -0.497 e. The predicted octanol–water partition coefficient (Wildman–Crippen LogP) is 9.58. The molecule has 2 fully saturated rings. The fraction of sp³-hybridized carbons (Fsp3) is 0.156. The summed E-state index contributed by atoms with van der Waals surface area (Å²) in [5, 5.41) is 2.26. The molecule has 0 unspecified atom stereocenters. The Labute approximate surface area is 315 Å². The maximum atomic E-state index is 5.82. The molecule has 0 amide bonds. The van der Waals surface area contributed by atoms with Crippen LogP contribution < -0.4 is 18.9 Å². The van der Waals surface area contributed by atoms with Crippen LogP contribution in [0.5, 0.6) is 23.0 Å². The van der Waals surface area contributed by atoms with Gasteiger partial charge in [0.05, 0.1) is 28.4 Å². The maximum absolute atomic E-state index is 5.82. The van der Waals surface area contributed by atoms with Gasteiger partial charge in [-0.1, -0.05) is 42.5 Å². The smallest absolute Gasteiger partial charge is 0.497 e. The summed E-state index contributed by atoms with van der Waals surface area (Å²) in [4.78, 5) is 2.22. The van der Waals surface area contributed by atoms with E-state index in [4.69, 9.17) is 18.9 Å². The molecule has 5 nitrogen and oxygen atoms in total. The SMILES string of the molecule is COc1ccc(-c2c(-c3ccc(OC)cc3)c(-c3ccc(OC)cc3)c3cc(OC)ccc3c2[C]2[CH][CH][CH][C]2CN(C)C)cc1.[CH]1[CH][CH][CH][CH]1.[Fe+2]. The Balaban J connectivity index is 0.000000774. The first-order chi connectivity index (χ1) is 24.4. The van der Waals surface area contributed by atoms with E-state index in [1.165, 1.54) is 17.4 Å². The number of rotatable bonds is 10. The first-order valence-electron chi connectivity index (χ1n) is 16.6. The van der Waals surface area contributed by atoms with Gasteiger partial charge >= 0.3 is 17.1 Å². The molecule has 5 aromatic carbocycles. The average Bonchev–Trinajstić information content (AvgIpc) is 3.90. The fourth-order valence-electron chi connectivity index (χ4n) is 6.53. The minimum absolute atomic E-state index is 0. The molecule has 0 aliphatic heterocycles. The van der Waals surface area contributed by atoms with Gasteiger partial charge in [0.25, 0.3) is 0 Å². The third-order valence-corrected chi connectivity index (χ3v) is 8.87. The van der Waals surface area contributed by atoms with E-state index in [0.29, 0.717) is 0 Å². The van der Waals surface area contributed by atoms with Crippen LogP contribution in [0.15, 0.2) is 91.0 Å². The zero-order valence-corrected chi connectivity index (χ0v) is 31.0. The maximum Gasteiger partial charge on any atom is 2.00 e. The van der Waals surface area contributed by atoms with Gasteiger partial charge in [0.15, 0.2) is 0 Å². The van der Waals surface area contributed by atoms with Gasteiger partial charge in [-0.15, -0.1) is 0 Å². The quantitative estimate of drug-likeness (QED) is 0.135. The minimum atomic E-state index is 0. The Bertz CT molecular complexity index is 1840. The van der Waals surface area contributed by atoms with Gasteiger partial charge in [0.2, 0.25) is 0 Å². The summed E-state index contributed by atoms with van der Waals surface area (Å²) >= 11 is 0. The Morgan fingerprint density at radius 2 is 0.843 bits per heavy atom. The molecule has 7 rings (SSSR count). The molecule has 0 N–H and O–H groups in total. The number of benzene rings is 5. The van der Waals surface area contributed by atoms with Crippen molar-refractivity contribution in [1.29, 1.82) is 0 Å². The van der Waals surface area contributed by atoms with E-state index in [0.717, 1.165) is 73.7 Å². The van der Waals surface area contributed by atoms with Crippen LogP contribution in [0, 0.1) is 63.2 Å². The second-order valence-corrected chi connectivity index (χ2v) is 12.3. The van der Waals surface area contributed by atoms with Crippen molar-refractivity contribution in [2.75, 3.05) is 49.1 Å². The zero-order chi connectivity index (χ0) is 35.0. The summed E-state index contributed by atoms with van der Waals surface area (Å²) in [6, 6.07) is 31.5. The molecule has 0 aromatic heterocycles. The van der Waals surface area contributed by atoms with E-state index in [2.05, 4.69) is 92.9 Å². The standard InChI is InChI=1S/C40H38NO4.C5H5.Fe/c1-41(2)25-29-8-7-9-34(29)40-35-23-22-33(45-6)24-36(35)37(26-10-16-30(42-3)17-11-26)38(27-12-18-31(43-4)19-13-27)39(40)28-14-20-32(44-5)21-15-28;1-2-4-5-3-1;/h7-24H,25H2,1-6H3;1-5H;/q;;+2. The van der Waals surface area contributed by atoms with E-state index in [9.17, 15) is 0 Å². The number of methoxy groups -OCH3 is 4. The summed E-state index contributed by atoms with van der Waals surface area (Å²) in [5.74, 6) is 5.71. The van der Waals surface area contributed by atoms with Crippen molar-refractivity contribution >= 4 is 10.8 Å². The second-order valence-electron chi connectivity index (χ2n) is 12.3. The molecule has 51 heavy (non-hydrogen) atoms. The van der Waals surface area contributed by atoms with E-state index in [1.54, 1.807) is 28.4 Å². The summed E-state index contributed by atoms with van der Waals surface area (Å²) in [6.07, 6.45) is 16.6. The van der Waals surface area contributed by atoms with E-state index >= 15 is 0 Å². The van der Waals surface area contributed by atoms with Crippen molar-refractivity contribution in [1.82, 2.24) is 4.90 Å². The fourth-order valence-corrected chi connectivity index (χ4v) is 6.53. The molecule has 6 heteroatoms. The monoisotopic (exact) mass is 717 g/mol. The van der Waals surface area contributed by atoms with Crippen LogP contribution in [0.4, 0.5) is 0 Å². The third-order valence-electron chi connectivity index (χ3n) is 8.87. The van der Waals surface area contributed by atoms with Crippen molar-refractivity contribution in [2.45, 2.75) is 0 Å². The van der Waals surface area contributed by atoms with Gasteiger partial charge in [0.1, 0.15) is 23.0 Å². The van der Waals surface area contributed by atoms with Crippen LogP contribution >= 0.6 is 0 Å². The number of hydrogen-bond donors (Lipinski definition) is 0. The van der Waals surface area contributed by atoms with Crippen LogP contribution in [0.1, 0.15) is 5.56 Å². The van der Waals surface area contributed by atoms with Gasteiger partial charge in [-0.05, 0) is 164 Å². The molecular formula is C45H43FeNO4+2. The molecule has 0 heterocycles. The van der Waals surface area contributed by atoms with Gasteiger partial charge in [-0.3, -0.25) is 0 Å². The summed E-state index contributed by atoms with van der Waals surface area (Å²) in [7, 11) is 11.0. The second kappa shape index (κ2) is 18.0. The Morgan fingerprint density at radius 1 is 0.431 bits per heavy atom. The number of hydrogen-bond acceptors (Lipinski definition) is 5. The van der Waals surface area contributed by atoms with Crippen LogP contribution in [0.25, 0.3) is 44.2 Å². The van der Waals surface area contributed by atoms with Crippen molar-refractivity contribution < 1.29 is 36.0 Å². The Morgan fingerprint density at radius 3 is 1.27 bits per heavy atom. The summed E-state index contributed by atoms with van der Waals surface area (Å²) < 4.78 is 22.5. The molecule has 0 bridgehead atoms. The number of fused-ring (bicyclic) bond motifs is 1. The normalized spacial score (nSPS) is 14.6. The van der Waals surface area contributed by atoms with Crippen molar-refractivity contribution in [3.63, 3.8) is 0 Å². The van der Waals surface area contributed by atoms with Gasteiger partial charge in [0, 0.05) is 18.4 Å². The largest absolute Gasteiger partial charge is 2.00 e. The topological polar surface area (TPSA) is 40.2 Å². The van der Waals surface area contributed by atoms with Gasteiger partial charge < -0.3 is 23.8 Å². The molecule has 0 atom stereocenters. The van der Waals surface area contributed by atoms with Gasteiger partial charge in [-0.25, -0.2) is 0 Å². The summed E-state index contributed by atoms with van der Waals surface area (Å²) in [6.45, 7) is 0.820. The predicted molar refractivity (Wildman–Crippen MR) is 205 cm³/mol. The first-order valence-corrected chi connectivity index (χ1v) is 16.6. The molecule has 5 aromatic rings. The average molecular weight is 718 g/mol. The Kier molecular flexibility index (Phi) is 13.5. The van der Waals surface area contributed by atoms with Crippen molar-refractivity contribution in [3.05, 3.63) is 160 Å². The zero-order valence-electron chi connectivity index (χ0n) is 29.9. The van der Waals surface area contributed by atoms with Crippen LogP contribution in [-0.4, -0.2) is 54.0 Å². The van der Waals surface area contributed by atoms with Gasteiger partial charge in [-0.2, -0.15) is 0 Å². The third kappa shape index (κ3) is 8.58. The first kappa shape index (κ1) is 38.3. The molecule has 0 spiro atoms. The van der Waals surface area contributed by atoms with Crippen molar-refractivity contribution in [2.24, 2.45) is 0 Å². The molecule has 2 saturated carbocycles. The molecular weight excluding hydrogens is 674 g/mol. The van der Waals surface area contributed by atoms with Crippen molar-refractivity contribution in [3.8, 4) is 56.4 Å². The van der Waals surface area contributed by atoms with E-state index < -0.39 is 0 Å². The molecule has 10 radical (unpaired) electrons. The number of ether oxygens (including phenoxy) is 4. The van der Waals surface area contributed by atoms with E-state index in [-0.39, 0.29) is 17.1 Å². The van der Waals surface area contributed by atoms with Crippen LogP contribution in [0.2, 0.25) is 0 Å². The van der Waals surface area contributed by atoms with Crippen LogP contribution in [-0.2, 0) is 17.1 Å². The Hall–Kier alpha value is -3.96.